The zero-order chi connectivity index (χ0) is 25.7. The van der Waals surface area contributed by atoms with Gasteiger partial charge in [-0.2, -0.15) is 0 Å². The van der Waals surface area contributed by atoms with Crippen LogP contribution < -0.4 is 14.2 Å². The number of hydrogen-bond donors (Lipinski definition) is 0. The highest BCUT2D eigenvalue weighted by Crippen LogP contribution is 2.32. The summed E-state index contributed by atoms with van der Waals surface area (Å²) < 4.78 is 16.6. The van der Waals surface area contributed by atoms with Crippen molar-refractivity contribution in [3.8, 4) is 17.2 Å². The Hall–Kier alpha value is -4.52. The maximum absolute atomic E-state index is 13.4. The minimum atomic E-state index is -0.343. The first-order valence-electron chi connectivity index (χ1n) is 11.5. The molecule has 0 saturated heterocycles. The summed E-state index contributed by atoms with van der Waals surface area (Å²) in [6, 6.07) is 16.8. The van der Waals surface area contributed by atoms with Crippen LogP contribution in [-0.2, 0) is 0 Å². The van der Waals surface area contributed by atoms with Crippen molar-refractivity contribution in [2.24, 2.45) is 0 Å². The third-order valence-electron chi connectivity index (χ3n) is 5.64. The van der Waals surface area contributed by atoms with Gasteiger partial charge in [0.2, 0.25) is 5.78 Å². The lowest BCUT2D eigenvalue weighted by Crippen LogP contribution is -2.09. The second-order valence-electron chi connectivity index (χ2n) is 7.86. The Morgan fingerprint density at radius 3 is 2.00 bits per heavy atom. The van der Waals surface area contributed by atoms with E-state index in [1.807, 2.05) is 13.8 Å². The Morgan fingerprint density at radius 1 is 0.833 bits per heavy atom. The summed E-state index contributed by atoms with van der Waals surface area (Å²) in [4.78, 5) is 43.0. The number of hydrogen-bond acceptors (Lipinski definition) is 7. The summed E-state index contributed by atoms with van der Waals surface area (Å²) in [6.45, 7) is 4.66. The number of nitrogens with zero attached hydrogens (tertiary/aromatic N) is 1. The van der Waals surface area contributed by atoms with E-state index in [1.165, 1.54) is 13.3 Å². The predicted octanol–water partition coefficient (Wildman–Crippen LogP) is 5.32. The molecule has 4 aromatic rings. The van der Waals surface area contributed by atoms with Gasteiger partial charge in [-0.05, 0) is 55.6 Å². The van der Waals surface area contributed by atoms with Crippen LogP contribution in [0.1, 0.15) is 56.2 Å². The van der Waals surface area contributed by atoms with Gasteiger partial charge < -0.3 is 14.2 Å². The van der Waals surface area contributed by atoms with E-state index in [1.54, 1.807) is 60.7 Å². The highest BCUT2D eigenvalue weighted by atomic mass is 16.5. The van der Waals surface area contributed by atoms with Crippen LogP contribution in [0.15, 0.2) is 66.9 Å². The van der Waals surface area contributed by atoms with Crippen molar-refractivity contribution < 1.29 is 28.6 Å². The van der Waals surface area contributed by atoms with Crippen LogP contribution in [0.3, 0.4) is 0 Å². The number of fused-ring (bicyclic) bond motifs is 1. The maximum atomic E-state index is 13.4. The molecule has 4 rings (SSSR count). The van der Waals surface area contributed by atoms with Gasteiger partial charge in [-0.15, -0.1) is 0 Å². The molecule has 0 radical (unpaired) electrons. The Morgan fingerprint density at radius 2 is 1.44 bits per heavy atom. The molecule has 3 aromatic carbocycles. The molecule has 0 saturated carbocycles. The van der Waals surface area contributed by atoms with Gasteiger partial charge >= 0.3 is 0 Å². The Labute approximate surface area is 208 Å². The molecule has 0 N–H and O–H groups in total. The maximum Gasteiger partial charge on any atom is 0.212 e. The average molecular weight is 484 g/mol. The largest absolute Gasteiger partial charge is 0.496 e. The van der Waals surface area contributed by atoms with Crippen molar-refractivity contribution in [1.29, 1.82) is 0 Å². The van der Waals surface area contributed by atoms with Gasteiger partial charge in [0.25, 0.3) is 0 Å². The zero-order valence-corrected chi connectivity index (χ0v) is 20.2. The molecule has 0 aliphatic heterocycles. The number of aldehydes is 1. The highest BCUT2D eigenvalue weighted by molar-refractivity contribution is 6.19. The van der Waals surface area contributed by atoms with Crippen LogP contribution in [-0.4, -0.2) is 43.2 Å². The van der Waals surface area contributed by atoms with Gasteiger partial charge in [0.05, 0.1) is 25.9 Å². The molecule has 0 amide bonds. The molecule has 182 valence electrons. The normalized spacial score (nSPS) is 10.6. The molecule has 0 aliphatic rings. The first kappa shape index (κ1) is 24.6. The summed E-state index contributed by atoms with van der Waals surface area (Å²) >= 11 is 0. The fourth-order valence-electron chi connectivity index (χ4n) is 3.99. The van der Waals surface area contributed by atoms with Crippen LogP contribution in [0.25, 0.3) is 10.8 Å². The van der Waals surface area contributed by atoms with Crippen molar-refractivity contribution in [2.75, 3.05) is 20.3 Å². The van der Waals surface area contributed by atoms with E-state index in [0.29, 0.717) is 52.9 Å². The van der Waals surface area contributed by atoms with Crippen molar-refractivity contribution in [3.63, 3.8) is 0 Å². The van der Waals surface area contributed by atoms with E-state index >= 15 is 0 Å². The van der Waals surface area contributed by atoms with Crippen molar-refractivity contribution >= 4 is 28.6 Å². The molecule has 0 aliphatic carbocycles. The number of aromatic nitrogens is 1. The van der Waals surface area contributed by atoms with E-state index in [2.05, 4.69) is 4.98 Å². The van der Waals surface area contributed by atoms with Gasteiger partial charge in [0, 0.05) is 28.3 Å². The Kier molecular flexibility index (Phi) is 7.39. The molecular weight excluding hydrogens is 458 g/mol. The van der Waals surface area contributed by atoms with Gasteiger partial charge in [-0.1, -0.05) is 24.3 Å². The molecule has 1 aromatic heterocycles. The van der Waals surface area contributed by atoms with E-state index in [0.717, 1.165) is 0 Å². The number of benzene rings is 3. The molecular formula is C29H25NO6. The van der Waals surface area contributed by atoms with Gasteiger partial charge in [0.15, 0.2) is 12.1 Å². The number of methoxy groups -OCH3 is 1. The first-order valence-corrected chi connectivity index (χ1v) is 11.5. The Balaban J connectivity index is 1.86. The minimum absolute atomic E-state index is 0.139. The Bertz CT molecular complexity index is 1460. The monoisotopic (exact) mass is 483 g/mol. The summed E-state index contributed by atoms with van der Waals surface area (Å²) in [5.74, 6) is 0.752. The van der Waals surface area contributed by atoms with E-state index < -0.39 is 0 Å². The van der Waals surface area contributed by atoms with Crippen LogP contribution in [0.5, 0.6) is 17.2 Å². The number of carbonyl (C=O) groups excluding carboxylic acids is 3. The number of ether oxygens (including phenoxy) is 3. The molecule has 7 nitrogen and oxygen atoms in total. The van der Waals surface area contributed by atoms with E-state index in [-0.39, 0.29) is 34.1 Å². The topological polar surface area (TPSA) is 91.8 Å². The fourth-order valence-corrected chi connectivity index (χ4v) is 3.99. The zero-order valence-electron chi connectivity index (χ0n) is 20.2. The second-order valence-corrected chi connectivity index (χ2v) is 7.86. The SMILES string of the molecule is CCOc1cccc(C(=O)c2cc3c(C=O)cnc(C(=O)c4cccc(OCC)c4)c3cc2OC)c1. The second kappa shape index (κ2) is 10.8. The number of pyridine rings is 1. The first-order chi connectivity index (χ1) is 17.5. The third-order valence-corrected chi connectivity index (χ3v) is 5.64. The van der Waals surface area contributed by atoms with Crippen LogP contribution in [0.2, 0.25) is 0 Å². The quantitative estimate of drug-likeness (QED) is 0.223. The van der Waals surface area contributed by atoms with Crippen LogP contribution >= 0.6 is 0 Å². The van der Waals surface area contributed by atoms with Crippen LogP contribution in [0.4, 0.5) is 0 Å². The van der Waals surface area contributed by atoms with Gasteiger partial charge in [0.1, 0.15) is 22.9 Å². The summed E-state index contributed by atoms with van der Waals surface area (Å²) in [7, 11) is 1.44. The fraction of sp³-hybridized carbons (Fsp3) is 0.172. The van der Waals surface area contributed by atoms with Crippen molar-refractivity contribution in [1.82, 2.24) is 4.98 Å². The lowest BCUT2D eigenvalue weighted by atomic mass is 9.94. The summed E-state index contributed by atoms with van der Waals surface area (Å²) in [6.07, 6.45) is 1.99. The van der Waals surface area contributed by atoms with Crippen LogP contribution in [0, 0.1) is 0 Å². The molecule has 0 bridgehead atoms. The minimum Gasteiger partial charge on any atom is -0.496 e. The molecule has 1 heterocycles. The average Bonchev–Trinajstić information content (AvgIpc) is 2.91. The smallest absolute Gasteiger partial charge is 0.212 e. The highest BCUT2D eigenvalue weighted by Gasteiger charge is 2.22. The molecule has 0 atom stereocenters. The molecule has 7 heteroatoms. The predicted molar refractivity (Wildman–Crippen MR) is 136 cm³/mol. The molecule has 0 unspecified atom stereocenters. The van der Waals surface area contributed by atoms with Crippen molar-refractivity contribution in [2.45, 2.75) is 13.8 Å². The lowest BCUT2D eigenvalue weighted by molar-refractivity contribution is 0.102. The molecule has 0 fully saturated rings. The van der Waals surface area contributed by atoms with E-state index in [9.17, 15) is 14.4 Å². The van der Waals surface area contributed by atoms with Crippen molar-refractivity contribution in [3.05, 3.63) is 94.8 Å². The number of carbonyl (C=O) groups is 3. The van der Waals surface area contributed by atoms with E-state index in [4.69, 9.17) is 14.2 Å². The molecule has 0 spiro atoms. The molecule has 36 heavy (non-hydrogen) atoms. The standard InChI is InChI=1S/C29H25NO6/c1-4-35-21-10-6-8-18(12-21)28(32)25-14-23-20(17-31)16-30-27(24(23)15-26(25)34-3)29(33)19-9-7-11-22(13-19)36-5-2/h6-17H,4-5H2,1-3H3. The lowest BCUT2D eigenvalue weighted by Gasteiger charge is -2.14. The van der Waals surface area contributed by atoms with Gasteiger partial charge in [-0.3, -0.25) is 19.4 Å². The summed E-state index contributed by atoms with van der Waals surface area (Å²) in [5, 5.41) is 0.831. The number of ketones is 2. The van der Waals surface area contributed by atoms with Gasteiger partial charge in [-0.25, -0.2) is 0 Å². The summed E-state index contributed by atoms with van der Waals surface area (Å²) in [5.41, 5.74) is 1.44. The third kappa shape index (κ3) is 4.81. The number of rotatable bonds is 10.